The number of aromatic nitrogens is 2. The van der Waals surface area contributed by atoms with Gasteiger partial charge in [0.1, 0.15) is 5.82 Å². The maximum atomic E-state index is 10.8. The van der Waals surface area contributed by atoms with Crippen LogP contribution in [0.1, 0.15) is 11.1 Å². The van der Waals surface area contributed by atoms with Crippen molar-refractivity contribution in [1.29, 1.82) is 0 Å². The maximum absolute atomic E-state index is 10.8. The van der Waals surface area contributed by atoms with Crippen LogP contribution in [0, 0.1) is 17.0 Å². The minimum Gasteiger partial charge on any atom is -0.384 e. The first-order valence-corrected chi connectivity index (χ1v) is 5.10. The molecular weight excluding hydrogens is 220 g/mol. The molecule has 0 saturated heterocycles. The molecule has 0 aliphatic rings. The Morgan fingerprint density at radius 2 is 2.18 bits per heavy atom. The monoisotopic (exact) mass is 232 g/mol. The molecule has 0 amide bonds. The molecule has 2 rings (SSSR count). The molecule has 0 bridgehead atoms. The topological polar surface area (TPSA) is 87.0 Å². The molecular formula is C11H12N4O2. The zero-order chi connectivity index (χ0) is 12.4. The van der Waals surface area contributed by atoms with Crippen LogP contribution >= 0.6 is 0 Å². The minimum absolute atomic E-state index is 0.0834. The number of hydrogen-bond donors (Lipinski definition) is 1. The van der Waals surface area contributed by atoms with E-state index in [2.05, 4.69) is 5.10 Å². The second-order valence-electron chi connectivity index (χ2n) is 3.76. The lowest BCUT2D eigenvalue weighted by atomic mass is 10.2. The van der Waals surface area contributed by atoms with Crippen LogP contribution in [-0.2, 0) is 6.54 Å². The van der Waals surface area contributed by atoms with Crippen LogP contribution in [0.5, 0.6) is 0 Å². The summed E-state index contributed by atoms with van der Waals surface area (Å²) >= 11 is 0. The van der Waals surface area contributed by atoms with E-state index >= 15 is 0 Å². The van der Waals surface area contributed by atoms with Crippen LogP contribution in [-0.4, -0.2) is 14.7 Å². The van der Waals surface area contributed by atoms with E-state index in [1.54, 1.807) is 29.1 Å². The highest BCUT2D eigenvalue weighted by molar-refractivity contribution is 5.42. The zero-order valence-corrected chi connectivity index (χ0v) is 9.33. The predicted octanol–water partition coefficient (Wildman–Crippen LogP) is 1.73. The molecule has 1 aromatic heterocycles. The first kappa shape index (κ1) is 11.1. The molecule has 17 heavy (non-hydrogen) atoms. The largest absolute Gasteiger partial charge is 0.384 e. The third kappa shape index (κ3) is 2.10. The molecule has 0 atom stereocenters. The van der Waals surface area contributed by atoms with Gasteiger partial charge >= 0.3 is 0 Å². The lowest BCUT2D eigenvalue weighted by Crippen LogP contribution is -2.07. The number of nitrogens with zero attached hydrogens (tertiary/aromatic N) is 3. The van der Waals surface area contributed by atoms with E-state index in [4.69, 9.17) is 5.73 Å². The Kier molecular flexibility index (Phi) is 2.78. The van der Waals surface area contributed by atoms with E-state index in [0.29, 0.717) is 17.9 Å². The van der Waals surface area contributed by atoms with E-state index in [1.165, 1.54) is 6.07 Å². The molecule has 0 aliphatic heterocycles. The first-order chi connectivity index (χ1) is 8.09. The SMILES string of the molecule is Cc1cnn(Cc2ccccc2[N+](=O)[O-])c1N. The van der Waals surface area contributed by atoms with Gasteiger partial charge in [-0.2, -0.15) is 5.10 Å². The third-order valence-electron chi connectivity index (χ3n) is 2.58. The van der Waals surface area contributed by atoms with E-state index < -0.39 is 4.92 Å². The van der Waals surface area contributed by atoms with Gasteiger partial charge < -0.3 is 5.73 Å². The van der Waals surface area contributed by atoms with E-state index in [-0.39, 0.29) is 5.69 Å². The summed E-state index contributed by atoms with van der Waals surface area (Å²) < 4.78 is 1.55. The summed E-state index contributed by atoms with van der Waals surface area (Å²) in [6, 6.07) is 6.57. The second kappa shape index (κ2) is 4.25. The third-order valence-corrected chi connectivity index (χ3v) is 2.58. The molecule has 6 nitrogen and oxygen atoms in total. The smallest absolute Gasteiger partial charge is 0.274 e. The van der Waals surface area contributed by atoms with E-state index in [1.807, 2.05) is 6.92 Å². The molecule has 2 N–H and O–H groups in total. The Morgan fingerprint density at radius 1 is 1.47 bits per heavy atom. The number of anilines is 1. The van der Waals surface area contributed by atoms with Gasteiger partial charge in [0.05, 0.1) is 23.2 Å². The summed E-state index contributed by atoms with van der Waals surface area (Å²) in [5.74, 6) is 0.531. The van der Waals surface area contributed by atoms with Crippen LogP contribution < -0.4 is 5.73 Å². The molecule has 0 radical (unpaired) electrons. The number of nitro groups is 1. The van der Waals surface area contributed by atoms with Gasteiger partial charge in [-0.3, -0.25) is 10.1 Å². The average Bonchev–Trinajstić information content (AvgIpc) is 2.61. The van der Waals surface area contributed by atoms with Crippen molar-refractivity contribution in [3.63, 3.8) is 0 Å². The summed E-state index contributed by atoms with van der Waals surface area (Å²) in [5, 5.41) is 14.9. The van der Waals surface area contributed by atoms with Crippen molar-refractivity contribution in [2.75, 3.05) is 5.73 Å². The van der Waals surface area contributed by atoms with Crippen molar-refractivity contribution in [3.05, 3.63) is 51.7 Å². The molecule has 0 saturated carbocycles. The van der Waals surface area contributed by atoms with Crippen molar-refractivity contribution < 1.29 is 4.92 Å². The van der Waals surface area contributed by atoms with Crippen molar-refractivity contribution in [2.45, 2.75) is 13.5 Å². The lowest BCUT2D eigenvalue weighted by molar-refractivity contribution is -0.385. The van der Waals surface area contributed by atoms with Gasteiger partial charge in [-0.25, -0.2) is 4.68 Å². The van der Waals surface area contributed by atoms with Gasteiger partial charge in [-0.1, -0.05) is 18.2 Å². The Balaban J connectivity index is 2.36. The molecule has 1 heterocycles. The lowest BCUT2D eigenvalue weighted by Gasteiger charge is -2.05. The molecule has 6 heteroatoms. The quantitative estimate of drug-likeness (QED) is 0.644. The summed E-state index contributed by atoms with van der Waals surface area (Å²) in [4.78, 5) is 10.4. The Hall–Kier alpha value is -2.37. The molecule has 1 aromatic carbocycles. The van der Waals surface area contributed by atoms with Crippen molar-refractivity contribution in [2.24, 2.45) is 0 Å². The Labute approximate surface area is 97.8 Å². The maximum Gasteiger partial charge on any atom is 0.274 e. The number of nitro benzene ring substituents is 1. The Morgan fingerprint density at radius 3 is 2.76 bits per heavy atom. The van der Waals surface area contributed by atoms with Gasteiger partial charge in [0, 0.05) is 11.6 Å². The average molecular weight is 232 g/mol. The van der Waals surface area contributed by atoms with Gasteiger partial charge in [0.25, 0.3) is 5.69 Å². The molecule has 0 aliphatic carbocycles. The van der Waals surface area contributed by atoms with Crippen LogP contribution in [0.2, 0.25) is 0 Å². The number of nitrogen functional groups attached to an aromatic ring is 1. The minimum atomic E-state index is -0.401. The first-order valence-electron chi connectivity index (χ1n) is 5.10. The summed E-state index contributed by atoms with van der Waals surface area (Å²) in [5.41, 5.74) is 7.35. The summed E-state index contributed by atoms with van der Waals surface area (Å²) in [6.45, 7) is 2.15. The van der Waals surface area contributed by atoms with Crippen LogP contribution in [0.3, 0.4) is 0 Å². The highest BCUT2D eigenvalue weighted by Crippen LogP contribution is 2.20. The number of rotatable bonds is 3. The predicted molar refractivity (Wildman–Crippen MR) is 63.6 cm³/mol. The van der Waals surface area contributed by atoms with Crippen molar-refractivity contribution >= 4 is 11.5 Å². The standard InChI is InChI=1S/C11H12N4O2/c1-8-6-13-14(11(8)12)7-9-4-2-3-5-10(9)15(16)17/h2-6H,7,12H2,1H3. The fourth-order valence-corrected chi connectivity index (χ4v) is 1.60. The van der Waals surface area contributed by atoms with E-state index in [9.17, 15) is 10.1 Å². The summed E-state index contributed by atoms with van der Waals surface area (Å²) in [7, 11) is 0. The van der Waals surface area contributed by atoms with Crippen LogP contribution in [0.4, 0.5) is 11.5 Å². The van der Waals surface area contributed by atoms with Gasteiger partial charge in [-0.05, 0) is 6.92 Å². The molecule has 0 fully saturated rings. The highest BCUT2D eigenvalue weighted by atomic mass is 16.6. The van der Waals surface area contributed by atoms with E-state index in [0.717, 1.165) is 5.56 Å². The zero-order valence-electron chi connectivity index (χ0n) is 9.33. The number of nitrogens with two attached hydrogens (primary N) is 1. The number of aryl methyl sites for hydroxylation is 1. The molecule has 88 valence electrons. The number of para-hydroxylation sites is 1. The molecule has 0 spiro atoms. The number of hydrogen-bond acceptors (Lipinski definition) is 4. The molecule has 2 aromatic rings. The van der Waals surface area contributed by atoms with Crippen LogP contribution in [0.25, 0.3) is 0 Å². The number of benzene rings is 1. The van der Waals surface area contributed by atoms with Gasteiger partial charge in [0.2, 0.25) is 0 Å². The normalized spacial score (nSPS) is 10.4. The summed E-state index contributed by atoms with van der Waals surface area (Å²) in [6.07, 6.45) is 1.64. The second-order valence-corrected chi connectivity index (χ2v) is 3.76. The van der Waals surface area contributed by atoms with Crippen molar-refractivity contribution in [1.82, 2.24) is 9.78 Å². The fraction of sp³-hybridized carbons (Fsp3) is 0.182. The highest BCUT2D eigenvalue weighted by Gasteiger charge is 2.14. The fourth-order valence-electron chi connectivity index (χ4n) is 1.60. The molecule has 0 unspecified atom stereocenters. The van der Waals surface area contributed by atoms with Crippen molar-refractivity contribution in [3.8, 4) is 0 Å². The van der Waals surface area contributed by atoms with Crippen LogP contribution in [0.15, 0.2) is 30.5 Å². The van der Waals surface area contributed by atoms with Gasteiger partial charge in [0.15, 0.2) is 0 Å². The Bertz CT molecular complexity index is 562. The van der Waals surface area contributed by atoms with Gasteiger partial charge in [-0.15, -0.1) is 0 Å².